The normalized spacial score (nSPS) is 10.3. The highest BCUT2D eigenvalue weighted by Gasteiger charge is 2.26. The third-order valence-electron chi connectivity index (χ3n) is 3.32. The van der Waals surface area contributed by atoms with Crippen molar-refractivity contribution in [3.8, 4) is 0 Å². The maximum absolute atomic E-state index is 12.2. The number of thiophene rings is 1. The average molecular weight is 340 g/mol. The molecule has 0 saturated carbocycles. The maximum Gasteiger partial charge on any atom is 0.341 e. The molecule has 0 radical (unpaired) electrons. The minimum Gasteiger partial charge on any atom is -0.462 e. The Kier molecular flexibility index (Phi) is 7.74. The first-order valence-corrected chi connectivity index (χ1v) is 8.60. The Balaban J connectivity index is 3.06. The van der Waals surface area contributed by atoms with Crippen molar-refractivity contribution in [1.29, 1.82) is 0 Å². The molecule has 1 rings (SSSR count). The van der Waals surface area contributed by atoms with Gasteiger partial charge < -0.3 is 15.4 Å². The molecule has 0 aromatic carbocycles. The molecule has 6 nitrogen and oxygen atoms in total. The molecule has 2 amide bonds. The summed E-state index contributed by atoms with van der Waals surface area (Å²) < 4.78 is 5.04. The highest BCUT2D eigenvalue weighted by atomic mass is 32.1. The summed E-state index contributed by atoms with van der Waals surface area (Å²) in [4.78, 5) is 36.5. The van der Waals surface area contributed by atoms with Crippen molar-refractivity contribution in [2.45, 2.75) is 46.5 Å². The largest absolute Gasteiger partial charge is 0.462 e. The standard InChI is InChI=1S/C16H24N2O4S/c1-5-7-8-9-11(19)18-15-12(16(21)22-6-2)10(3)13(23-15)14(20)17-4/h5-9H2,1-4H3,(H,17,20)(H,18,19). The second-order valence-electron chi connectivity index (χ2n) is 5.07. The van der Waals surface area contributed by atoms with Crippen LogP contribution in [-0.2, 0) is 9.53 Å². The Hall–Kier alpha value is -1.89. The highest BCUT2D eigenvalue weighted by Crippen LogP contribution is 2.34. The molecular formula is C16H24N2O4S. The van der Waals surface area contributed by atoms with Crippen LogP contribution >= 0.6 is 11.3 Å². The van der Waals surface area contributed by atoms with Gasteiger partial charge in [0.1, 0.15) is 5.00 Å². The summed E-state index contributed by atoms with van der Waals surface area (Å²) in [6.07, 6.45) is 3.19. The zero-order chi connectivity index (χ0) is 17.4. The van der Waals surface area contributed by atoms with Crippen LogP contribution in [0.4, 0.5) is 5.00 Å². The first kappa shape index (κ1) is 19.2. The van der Waals surface area contributed by atoms with Crippen LogP contribution in [0.2, 0.25) is 0 Å². The van der Waals surface area contributed by atoms with Gasteiger partial charge in [-0.3, -0.25) is 9.59 Å². The van der Waals surface area contributed by atoms with Gasteiger partial charge in [0, 0.05) is 13.5 Å². The molecule has 0 atom stereocenters. The lowest BCUT2D eigenvalue weighted by atomic mass is 10.1. The fourth-order valence-corrected chi connectivity index (χ4v) is 3.26. The van der Waals surface area contributed by atoms with Crippen LogP contribution in [0.1, 0.15) is 65.1 Å². The van der Waals surface area contributed by atoms with Crippen LogP contribution in [0.3, 0.4) is 0 Å². The van der Waals surface area contributed by atoms with Gasteiger partial charge in [0.25, 0.3) is 5.91 Å². The van der Waals surface area contributed by atoms with Gasteiger partial charge in [-0.15, -0.1) is 11.3 Å². The zero-order valence-corrected chi connectivity index (χ0v) is 14.9. The Bertz CT molecular complexity index is 581. The molecule has 0 aliphatic heterocycles. The smallest absolute Gasteiger partial charge is 0.341 e. The van der Waals surface area contributed by atoms with E-state index in [9.17, 15) is 14.4 Å². The molecule has 0 spiro atoms. The number of rotatable bonds is 8. The minimum atomic E-state index is -0.528. The van der Waals surface area contributed by atoms with E-state index < -0.39 is 5.97 Å². The lowest BCUT2D eigenvalue weighted by molar-refractivity contribution is -0.116. The van der Waals surface area contributed by atoms with Crippen LogP contribution in [0.25, 0.3) is 0 Å². The van der Waals surface area contributed by atoms with Gasteiger partial charge in [-0.25, -0.2) is 4.79 Å². The Labute approximate surface area is 140 Å². The number of amides is 2. The second-order valence-corrected chi connectivity index (χ2v) is 6.09. The van der Waals surface area contributed by atoms with Gasteiger partial charge in [0.15, 0.2) is 0 Å². The van der Waals surface area contributed by atoms with E-state index in [-0.39, 0.29) is 24.0 Å². The summed E-state index contributed by atoms with van der Waals surface area (Å²) in [6, 6.07) is 0. The third-order valence-corrected chi connectivity index (χ3v) is 4.53. The van der Waals surface area contributed by atoms with E-state index in [4.69, 9.17) is 4.74 Å². The van der Waals surface area contributed by atoms with E-state index in [1.807, 2.05) is 0 Å². The minimum absolute atomic E-state index is 0.159. The van der Waals surface area contributed by atoms with Crippen molar-refractivity contribution in [1.82, 2.24) is 5.32 Å². The van der Waals surface area contributed by atoms with Crippen molar-refractivity contribution < 1.29 is 19.1 Å². The molecule has 0 bridgehead atoms. The van der Waals surface area contributed by atoms with Crippen molar-refractivity contribution in [2.24, 2.45) is 0 Å². The molecule has 1 heterocycles. The van der Waals surface area contributed by atoms with E-state index in [1.54, 1.807) is 13.8 Å². The maximum atomic E-state index is 12.2. The van der Waals surface area contributed by atoms with Gasteiger partial charge in [-0.2, -0.15) is 0 Å². The van der Waals surface area contributed by atoms with Crippen LogP contribution < -0.4 is 10.6 Å². The van der Waals surface area contributed by atoms with E-state index in [0.29, 0.717) is 21.9 Å². The van der Waals surface area contributed by atoms with Gasteiger partial charge in [0.05, 0.1) is 17.0 Å². The number of carbonyl (C=O) groups excluding carboxylic acids is 3. The molecule has 0 unspecified atom stereocenters. The zero-order valence-electron chi connectivity index (χ0n) is 14.1. The number of esters is 1. The topological polar surface area (TPSA) is 84.5 Å². The van der Waals surface area contributed by atoms with Crippen molar-refractivity contribution in [3.05, 3.63) is 16.0 Å². The van der Waals surface area contributed by atoms with E-state index in [2.05, 4.69) is 17.6 Å². The Morgan fingerprint density at radius 1 is 1.17 bits per heavy atom. The summed E-state index contributed by atoms with van der Waals surface area (Å²) in [5.74, 6) is -0.974. The molecule has 1 aromatic heterocycles. The fourth-order valence-electron chi connectivity index (χ4n) is 2.11. The van der Waals surface area contributed by atoms with E-state index in [1.165, 1.54) is 7.05 Å². The van der Waals surface area contributed by atoms with Crippen LogP contribution in [-0.4, -0.2) is 31.4 Å². The summed E-state index contributed by atoms with van der Waals surface area (Å²) in [7, 11) is 1.52. The van der Waals surface area contributed by atoms with Gasteiger partial charge in [-0.1, -0.05) is 19.8 Å². The number of anilines is 1. The highest BCUT2D eigenvalue weighted by molar-refractivity contribution is 7.18. The van der Waals surface area contributed by atoms with Crippen LogP contribution in [0, 0.1) is 6.92 Å². The van der Waals surface area contributed by atoms with Crippen LogP contribution in [0.15, 0.2) is 0 Å². The SMILES string of the molecule is CCCCCC(=O)Nc1sc(C(=O)NC)c(C)c1C(=O)OCC. The molecule has 0 aliphatic carbocycles. The van der Waals surface area contributed by atoms with Gasteiger partial charge in [-0.05, 0) is 25.8 Å². The number of hydrogen-bond donors (Lipinski definition) is 2. The quantitative estimate of drug-likeness (QED) is 0.562. The van der Waals surface area contributed by atoms with Crippen LogP contribution in [0.5, 0.6) is 0 Å². The molecular weight excluding hydrogens is 316 g/mol. The molecule has 7 heteroatoms. The second kappa shape index (κ2) is 9.29. The average Bonchev–Trinajstić information content (AvgIpc) is 2.83. The van der Waals surface area contributed by atoms with Gasteiger partial charge in [0.2, 0.25) is 5.91 Å². The summed E-state index contributed by atoms with van der Waals surface area (Å²) in [5, 5.41) is 5.66. The molecule has 2 N–H and O–H groups in total. The molecule has 0 aliphatic rings. The third kappa shape index (κ3) is 5.06. The lowest BCUT2D eigenvalue weighted by Crippen LogP contribution is -2.18. The Morgan fingerprint density at radius 3 is 2.43 bits per heavy atom. The summed E-state index contributed by atoms with van der Waals surface area (Å²) in [6.45, 7) is 5.69. The van der Waals surface area contributed by atoms with E-state index in [0.717, 1.165) is 30.6 Å². The molecule has 0 fully saturated rings. The number of unbranched alkanes of at least 4 members (excludes halogenated alkanes) is 2. The molecule has 0 saturated heterocycles. The van der Waals surface area contributed by atoms with Crippen molar-refractivity contribution in [2.75, 3.05) is 19.0 Å². The molecule has 1 aromatic rings. The predicted octanol–water partition coefficient (Wildman–Crippen LogP) is 3.11. The lowest BCUT2D eigenvalue weighted by Gasteiger charge is -2.07. The van der Waals surface area contributed by atoms with Crippen molar-refractivity contribution >= 4 is 34.1 Å². The monoisotopic (exact) mass is 340 g/mol. The number of hydrogen-bond acceptors (Lipinski definition) is 5. The van der Waals surface area contributed by atoms with E-state index >= 15 is 0 Å². The predicted molar refractivity (Wildman–Crippen MR) is 91.2 cm³/mol. The first-order chi connectivity index (χ1) is 11.0. The number of nitrogens with one attached hydrogen (secondary N) is 2. The first-order valence-electron chi connectivity index (χ1n) is 7.78. The number of ether oxygens (including phenoxy) is 1. The number of carbonyl (C=O) groups is 3. The Morgan fingerprint density at radius 2 is 1.87 bits per heavy atom. The summed E-state index contributed by atoms with van der Waals surface area (Å²) >= 11 is 1.10. The molecule has 128 valence electrons. The van der Waals surface area contributed by atoms with Crippen molar-refractivity contribution in [3.63, 3.8) is 0 Å². The summed E-state index contributed by atoms with van der Waals surface area (Å²) in [5.41, 5.74) is 0.788. The fraction of sp³-hybridized carbons (Fsp3) is 0.562. The molecule has 23 heavy (non-hydrogen) atoms. The van der Waals surface area contributed by atoms with Gasteiger partial charge >= 0.3 is 5.97 Å².